The third-order valence-electron chi connectivity index (χ3n) is 7.21. The number of hydrogen-bond donors (Lipinski definition) is 0. The summed E-state index contributed by atoms with van der Waals surface area (Å²) in [5, 5.41) is 0. The molecule has 0 bridgehead atoms. The molecule has 226 valence electrons. The lowest BCUT2D eigenvalue weighted by molar-refractivity contribution is -0.147. The number of carbonyl (C=O) groups excluding carboxylic acids is 2. The van der Waals surface area contributed by atoms with Gasteiger partial charge in [-0.15, -0.1) is 0 Å². The molecule has 1 aliphatic heterocycles. The molecule has 1 saturated heterocycles. The van der Waals surface area contributed by atoms with Gasteiger partial charge in [-0.2, -0.15) is 0 Å². The van der Waals surface area contributed by atoms with Gasteiger partial charge in [-0.25, -0.2) is 0 Å². The molecule has 5 nitrogen and oxygen atoms in total. The highest BCUT2D eigenvalue weighted by Gasteiger charge is 2.15. The van der Waals surface area contributed by atoms with Gasteiger partial charge in [0.2, 0.25) is 5.91 Å². The van der Waals surface area contributed by atoms with Gasteiger partial charge in [0.05, 0.1) is 19.3 Å². The maximum Gasteiger partial charge on any atom is 0.306 e. The molecule has 0 radical (unpaired) electrons. The second kappa shape index (κ2) is 28.9. The molecular weight excluding hydrogens is 474 g/mol. The Morgan fingerprint density at radius 2 is 0.974 bits per heavy atom. The van der Waals surface area contributed by atoms with Gasteiger partial charge in [-0.1, -0.05) is 129 Å². The molecule has 0 aromatic rings. The fourth-order valence-electron chi connectivity index (χ4n) is 4.81. The lowest BCUT2D eigenvalue weighted by Gasteiger charge is -2.26. The van der Waals surface area contributed by atoms with Gasteiger partial charge < -0.3 is 14.4 Å². The Bertz CT molecular complexity index is 517. The van der Waals surface area contributed by atoms with Crippen molar-refractivity contribution in [3.05, 3.63) is 0 Å². The van der Waals surface area contributed by atoms with Crippen molar-refractivity contribution in [1.82, 2.24) is 4.90 Å². The van der Waals surface area contributed by atoms with E-state index in [1.54, 1.807) is 0 Å². The Kier molecular flexibility index (Phi) is 28.1. The predicted molar refractivity (Wildman–Crippen MR) is 162 cm³/mol. The number of carbonyl (C=O) groups is 2. The largest absolute Gasteiger partial charge is 0.463 e. The van der Waals surface area contributed by atoms with Crippen molar-refractivity contribution in [2.75, 3.05) is 26.3 Å². The SMILES string of the molecule is CCCCCCCCCCCC(=O)N1CCOCC1.CCCCCCCCCCCCCC(=O)OC(C)C. The summed E-state index contributed by atoms with van der Waals surface area (Å²) < 4.78 is 10.4. The Labute approximate surface area is 237 Å². The van der Waals surface area contributed by atoms with Crippen molar-refractivity contribution in [3.8, 4) is 0 Å². The lowest BCUT2D eigenvalue weighted by Crippen LogP contribution is -2.40. The van der Waals surface area contributed by atoms with Crippen molar-refractivity contribution in [2.45, 2.75) is 175 Å². The van der Waals surface area contributed by atoms with E-state index in [1.807, 2.05) is 18.7 Å². The maximum atomic E-state index is 11.9. The minimum absolute atomic E-state index is 0.0280. The van der Waals surface area contributed by atoms with E-state index in [9.17, 15) is 9.59 Å². The average Bonchev–Trinajstić information content (AvgIpc) is 2.91. The van der Waals surface area contributed by atoms with Crippen LogP contribution < -0.4 is 0 Å². The first-order valence-corrected chi connectivity index (χ1v) is 16.6. The molecule has 1 amide bonds. The molecule has 5 heteroatoms. The average molecular weight is 540 g/mol. The van der Waals surface area contributed by atoms with E-state index in [1.165, 1.54) is 116 Å². The quantitative estimate of drug-likeness (QED) is 0.0958. The summed E-state index contributed by atoms with van der Waals surface area (Å²) in [6.07, 6.45) is 27.6. The summed E-state index contributed by atoms with van der Waals surface area (Å²) in [5.41, 5.74) is 0. The number of hydrogen-bond acceptors (Lipinski definition) is 4. The Hall–Kier alpha value is -1.10. The van der Waals surface area contributed by atoms with Crippen LogP contribution >= 0.6 is 0 Å². The van der Waals surface area contributed by atoms with Gasteiger partial charge in [0, 0.05) is 25.9 Å². The molecule has 0 atom stereocenters. The number of rotatable bonds is 23. The zero-order valence-electron chi connectivity index (χ0n) is 26.0. The molecule has 0 aromatic carbocycles. The van der Waals surface area contributed by atoms with Crippen molar-refractivity contribution in [1.29, 1.82) is 0 Å². The molecule has 1 aliphatic rings. The summed E-state index contributed by atoms with van der Waals surface area (Å²) >= 11 is 0. The Morgan fingerprint density at radius 1 is 0.605 bits per heavy atom. The number of nitrogens with zero attached hydrogens (tertiary/aromatic N) is 1. The Balaban J connectivity index is 0.000000721. The fourth-order valence-corrected chi connectivity index (χ4v) is 4.81. The van der Waals surface area contributed by atoms with Crippen LogP contribution in [-0.2, 0) is 19.1 Å². The van der Waals surface area contributed by atoms with Crippen molar-refractivity contribution in [3.63, 3.8) is 0 Å². The smallest absolute Gasteiger partial charge is 0.306 e. The number of ether oxygens (including phenoxy) is 2. The molecule has 1 fully saturated rings. The molecule has 0 unspecified atom stereocenters. The van der Waals surface area contributed by atoms with E-state index in [0.717, 1.165) is 32.4 Å². The number of unbranched alkanes of at least 4 members (excludes halogenated alkanes) is 18. The van der Waals surface area contributed by atoms with Crippen LogP contribution in [0.15, 0.2) is 0 Å². The van der Waals surface area contributed by atoms with E-state index in [-0.39, 0.29) is 12.1 Å². The first-order chi connectivity index (χ1) is 18.5. The van der Waals surface area contributed by atoms with Gasteiger partial charge in [-0.05, 0) is 26.7 Å². The van der Waals surface area contributed by atoms with Crippen molar-refractivity contribution >= 4 is 11.9 Å². The van der Waals surface area contributed by atoms with Gasteiger partial charge in [-0.3, -0.25) is 9.59 Å². The molecule has 0 N–H and O–H groups in total. The van der Waals surface area contributed by atoms with Crippen LogP contribution in [0.25, 0.3) is 0 Å². The standard InChI is InChI=1S/C17H34O2.C16H31NO2/c1-4-5-6-7-8-9-10-11-12-13-14-15-17(18)19-16(2)3;1-2-3-4-5-6-7-8-9-10-11-16(18)17-12-14-19-15-13-17/h16H,4-15H2,1-3H3;2-15H2,1H3. The molecule has 1 heterocycles. The Morgan fingerprint density at radius 3 is 1.37 bits per heavy atom. The van der Waals surface area contributed by atoms with Crippen LogP contribution in [0.3, 0.4) is 0 Å². The second-order valence-electron chi connectivity index (χ2n) is 11.4. The number of esters is 1. The van der Waals surface area contributed by atoms with Gasteiger partial charge in [0.15, 0.2) is 0 Å². The number of morpholine rings is 1. The van der Waals surface area contributed by atoms with Crippen LogP contribution in [0.2, 0.25) is 0 Å². The van der Waals surface area contributed by atoms with E-state index < -0.39 is 0 Å². The monoisotopic (exact) mass is 539 g/mol. The second-order valence-corrected chi connectivity index (χ2v) is 11.4. The molecular formula is C33H65NO4. The molecule has 38 heavy (non-hydrogen) atoms. The van der Waals surface area contributed by atoms with E-state index >= 15 is 0 Å². The minimum atomic E-state index is -0.0362. The molecule has 0 aliphatic carbocycles. The van der Waals surface area contributed by atoms with Crippen molar-refractivity contribution in [2.24, 2.45) is 0 Å². The van der Waals surface area contributed by atoms with Crippen LogP contribution in [0.5, 0.6) is 0 Å². The van der Waals surface area contributed by atoms with Crippen molar-refractivity contribution < 1.29 is 19.1 Å². The zero-order valence-corrected chi connectivity index (χ0v) is 26.0. The summed E-state index contributed by atoms with van der Waals surface area (Å²) in [4.78, 5) is 25.1. The van der Waals surface area contributed by atoms with Crippen LogP contribution in [0, 0.1) is 0 Å². The van der Waals surface area contributed by atoms with E-state index in [2.05, 4.69) is 13.8 Å². The van der Waals surface area contributed by atoms with E-state index in [0.29, 0.717) is 25.5 Å². The third kappa shape index (κ3) is 26.5. The molecule has 0 spiro atoms. The summed E-state index contributed by atoms with van der Waals surface area (Å²) in [6, 6.07) is 0. The van der Waals surface area contributed by atoms with Gasteiger partial charge >= 0.3 is 5.97 Å². The minimum Gasteiger partial charge on any atom is -0.463 e. The summed E-state index contributed by atoms with van der Waals surface area (Å²) in [5.74, 6) is 0.289. The van der Waals surface area contributed by atoms with Gasteiger partial charge in [0.25, 0.3) is 0 Å². The molecule has 0 saturated carbocycles. The zero-order chi connectivity index (χ0) is 28.1. The third-order valence-corrected chi connectivity index (χ3v) is 7.21. The van der Waals surface area contributed by atoms with Crippen LogP contribution in [-0.4, -0.2) is 49.2 Å². The highest BCUT2D eigenvalue weighted by atomic mass is 16.5. The van der Waals surface area contributed by atoms with Gasteiger partial charge in [0.1, 0.15) is 0 Å². The highest BCUT2D eigenvalue weighted by Crippen LogP contribution is 2.13. The normalized spacial score (nSPS) is 13.3. The summed E-state index contributed by atoms with van der Waals surface area (Å²) in [7, 11) is 0. The number of amides is 1. The fraction of sp³-hybridized carbons (Fsp3) is 0.939. The van der Waals surface area contributed by atoms with Crippen LogP contribution in [0.1, 0.15) is 169 Å². The summed E-state index contributed by atoms with van der Waals surface area (Å²) in [6.45, 7) is 11.3. The van der Waals surface area contributed by atoms with Crippen LogP contribution in [0.4, 0.5) is 0 Å². The molecule has 0 aromatic heterocycles. The predicted octanol–water partition coefficient (Wildman–Crippen LogP) is 9.41. The maximum absolute atomic E-state index is 11.9. The topological polar surface area (TPSA) is 55.8 Å². The molecule has 1 rings (SSSR count). The lowest BCUT2D eigenvalue weighted by atomic mass is 10.1. The first-order valence-electron chi connectivity index (χ1n) is 16.6. The highest BCUT2D eigenvalue weighted by molar-refractivity contribution is 5.76. The first kappa shape index (κ1) is 36.9. The van der Waals surface area contributed by atoms with E-state index in [4.69, 9.17) is 9.47 Å².